The Morgan fingerprint density at radius 1 is 1.10 bits per heavy atom. The summed E-state index contributed by atoms with van der Waals surface area (Å²) in [6.45, 7) is 2.62. The zero-order chi connectivity index (χ0) is 35.3. The second-order valence-corrected chi connectivity index (χ2v) is 13.2. The summed E-state index contributed by atoms with van der Waals surface area (Å²) in [6, 6.07) is 21.5. The number of hydrogen-bond acceptors (Lipinski definition) is 11. The number of carbonyl (C=O) groups excluding carboxylic acids is 1. The van der Waals surface area contributed by atoms with E-state index in [-0.39, 0.29) is 59.7 Å². The Labute approximate surface area is 289 Å². The number of nitrogens with zero attached hydrogens (tertiary/aromatic N) is 5. The maximum Gasteiger partial charge on any atom is 0.297 e. The van der Waals surface area contributed by atoms with Gasteiger partial charge in [-0.25, -0.2) is 14.4 Å². The minimum absolute atomic E-state index is 0.0126. The fourth-order valence-electron chi connectivity index (χ4n) is 5.66. The minimum atomic E-state index is -4.02. The third-order valence-electron chi connectivity index (χ3n) is 8.25. The van der Waals surface area contributed by atoms with Crippen LogP contribution in [0, 0.1) is 24.1 Å². The van der Waals surface area contributed by atoms with Crippen molar-refractivity contribution in [2.45, 2.75) is 24.3 Å². The normalized spacial score (nSPS) is 14.6. The van der Waals surface area contributed by atoms with Crippen molar-refractivity contribution in [3.8, 4) is 34.3 Å². The number of morpholine rings is 1. The number of hydrogen-bond donors (Lipinski definition) is 0. The van der Waals surface area contributed by atoms with Gasteiger partial charge in [0.2, 0.25) is 0 Å². The molecule has 0 N–H and O–H groups in total. The summed E-state index contributed by atoms with van der Waals surface area (Å²) in [6.07, 6.45) is 3.87. The Kier molecular flexibility index (Phi) is 10.2. The third-order valence-corrected chi connectivity index (χ3v) is 9.54. The smallest absolute Gasteiger partial charge is 0.297 e. The van der Waals surface area contributed by atoms with Gasteiger partial charge in [0.25, 0.3) is 10.1 Å². The molecule has 5 aromatic rings. The van der Waals surface area contributed by atoms with E-state index in [4.69, 9.17) is 13.7 Å². The summed E-state index contributed by atoms with van der Waals surface area (Å²) in [5.74, 6) is -0.679. The Balaban J connectivity index is 1.29. The first-order valence-corrected chi connectivity index (χ1v) is 17.1. The molecule has 0 amide bonds. The van der Waals surface area contributed by atoms with E-state index in [1.54, 1.807) is 36.7 Å². The highest BCUT2D eigenvalue weighted by molar-refractivity contribution is 7.86. The first-order valence-electron chi connectivity index (χ1n) is 15.7. The van der Waals surface area contributed by atoms with Gasteiger partial charge in [0.15, 0.2) is 11.6 Å². The zero-order valence-corrected chi connectivity index (χ0v) is 28.1. The van der Waals surface area contributed by atoms with Crippen LogP contribution in [-0.4, -0.2) is 68.7 Å². The van der Waals surface area contributed by atoms with E-state index in [1.807, 2.05) is 30.0 Å². The molecule has 1 aliphatic rings. The molecule has 0 radical (unpaired) electrons. The third kappa shape index (κ3) is 7.52. The van der Waals surface area contributed by atoms with Crippen molar-refractivity contribution in [3.05, 3.63) is 120 Å². The molecule has 0 unspecified atom stereocenters. The van der Waals surface area contributed by atoms with E-state index in [1.165, 1.54) is 43.6 Å². The highest BCUT2D eigenvalue weighted by Gasteiger charge is 2.27. The van der Waals surface area contributed by atoms with E-state index in [2.05, 4.69) is 21.0 Å². The zero-order valence-electron chi connectivity index (χ0n) is 27.2. The molecule has 3 aromatic carbocycles. The van der Waals surface area contributed by atoms with Crippen LogP contribution in [0.25, 0.3) is 22.5 Å². The first kappa shape index (κ1) is 34.3. The number of methoxy groups -OCH3 is 1. The lowest BCUT2D eigenvalue weighted by atomic mass is 9.96. The van der Waals surface area contributed by atoms with Crippen molar-refractivity contribution in [2.24, 2.45) is 0 Å². The number of Topliss-reactive ketones (excluding diaryl/α,β-unsaturated/α-hetero) is 1. The Morgan fingerprint density at radius 3 is 2.70 bits per heavy atom. The Hall–Kier alpha value is -5.55. The number of ketones is 1. The van der Waals surface area contributed by atoms with Gasteiger partial charge in [0.1, 0.15) is 17.3 Å². The number of carbonyl (C=O) groups is 1. The monoisotopic (exact) mass is 693 g/mol. The molecule has 1 fully saturated rings. The van der Waals surface area contributed by atoms with Crippen LogP contribution in [0.5, 0.6) is 5.75 Å². The summed E-state index contributed by atoms with van der Waals surface area (Å²) in [7, 11) is -2.61. The van der Waals surface area contributed by atoms with Crippen molar-refractivity contribution >= 4 is 21.6 Å². The average molecular weight is 694 g/mol. The molecular weight excluding hydrogens is 662 g/mol. The quantitative estimate of drug-likeness (QED) is 0.127. The number of ether oxygens (including phenoxy) is 2. The Morgan fingerprint density at radius 2 is 1.92 bits per heavy atom. The van der Waals surface area contributed by atoms with Crippen molar-refractivity contribution < 1.29 is 31.3 Å². The molecule has 13 heteroatoms. The summed E-state index contributed by atoms with van der Waals surface area (Å²) in [5, 5.41) is 9.75. The van der Waals surface area contributed by atoms with Crippen molar-refractivity contribution in [2.75, 3.05) is 38.3 Å². The summed E-state index contributed by atoms with van der Waals surface area (Å²) in [4.78, 5) is 28.6. The molecule has 6 rings (SSSR count). The number of pyridine rings is 1. The van der Waals surface area contributed by atoms with Crippen LogP contribution in [0.2, 0.25) is 0 Å². The Bertz CT molecular complexity index is 2190. The molecule has 1 aliphatic heterocycles. The molecule has 0 aliphatic carbocycles. The molecule has 1 atom stereocenters. The lowest BCUT2D eigenvalue weighted by Gasteiger charge is -2.35. The lowest BCUT2D eigenvalue weighted by molar-refractivity contribution is 0.0117. The van der Waals surface area contributed by atoms with Crippen LogP contribution >= 0.6 is 0 Å². The van der Waals surface area contributed by atoms with Crippen molar-refractivity contribution in [1.29, 1.82) is 5.26 Å². The second-order valence-electron chi connectivity index (χ2n) is 11.5. The van der Waals surface area contributed by atoms with E-state index in [0.29, 0.717) is 34.5 Å². The topological polar surface area (TPSA) is 145 Å². The fourth-order valence-corrected chi connectivity index (χ4v) is 6.60. The van der Waals surface area contributed by atoms with Gasteiger partial charge < -0.3 is 14.4 Å². The minimum Gasteiger partial charge on any atom is -0.496 e. The number of aryl methyl sites for hydroxylation is 1. The van der Waals surface area contributed by atoms with Gasteiger partial charge in [-0.2, -0.15) is 13.7 Å². The fraction of sp³-hybridized carbons (Fsp3) is 0.216. The van der Waals surface area contributed by atoms with Crippen LogP contribution in [0.4, 0.5) is 10.1 Å². The van der Waals surface area contributed by atoms with Gasteiger partial charge >= 0.3 is 0 Å². The first-order chi connectivity index (χ1) is 24.2. The van der Waals surface area contributed by atoms with Crippen LogP contribution < -0.4 is 9.64 Å². The van der Waals surface area contributed by atoms with Gasteiger partial charge in [0, 0.05) is 49.4 Å². The van der Waals surface area contributed by atoms with E-state index < -0.39 is 22.0 Å². The number of nitriles is 1. The van der Waals surface area contributed by atoms with Gasteiger partial charge in [-0.1, -0.05) is 35.9 Å². The van der Waals surface area contributed by atoms with Crippen molar-refractivity contribution in [3.63, 3.8) is 0 Å². The summed E-state index contributed by atoms with van der Waals surface area (Å²) in [5.41, 5.74) is 4.15. The molecular formula is C37H32FN5O6S. The molecule has 1 saturated heterocycles. The molecule has 254 valence electrons. The van der Waals surface area contributed by atoms with Crippen LogP contribution in [0.1, 0.15) is 27.2 Å². The van der Waals surface area contributed by atoms with Crippen LogP contribution in [-0.2, 0) is 25.5 Å². The van der Waals surface area contributed by atoms with Crippen molar-refractivity contribution in [1.82, 2.24) is 15.0 Å². The number of anilines is 1. The average Bonchev–Trinajstić information content (AvgIpc) is 3.14. The molecule has 0 saturated carbocycles. The number of rotatable bonds is 11. The molecule has 0 bridgehead atoms. The number of aromatic nitrogens is 3. The molecule has 11 nitrogen and oxygen atoms in total. The number of halogens is 1. The largest absolute Gasteiger partial charge is 0.496 e. The highest BCUT2D eigenvalue weighted by atomic mass is 32.2. The van der Waals surface area contributed by atoms with Crippen LogP contribution in [0.3, 0.4) is 0 Å². The van der Waals surface area contributed by atoms with E-state index >= 15 is 0 Å². The maximum absolute atomic E-state index is 14.8. The van der Waals surface area contributed by atoms with Gasteiger partial charge in [-0.15, -0.1) is 0 Å². The SMILES string of the molecule is COc1cccc(F)c1-c1nccc(C(=O)Cc2ccc(-c3cnccc3C#N)cc2N2CCO[C@@H](COS(=O)(=O)c3ccc(C)cc3)C2)n1. The standard InChI is InChI=1S/C37H32FN5O6S/c1-24-6-10-29(11-7-24)50(45,46)49-23-28-22-43(16-17-48-28)33-18-25(30-21-40-14-12-27(30)20-39)8-9-26(33)19-34(44)32-13-15-41-37(42-32)36-31(38)4-3-5-35(36)47-2/h3-15,18,21,28H,16-17,19,22-23H2,1-2H3/t28-/m1/s1. The van der Waals surface area contributed by atoms with Gasteiger partial charge in [-0.3, -0.25) is 14.0 Å². The van der Waals surface area contributed by atoms with Crippen LogP contribution in [0.15, 0.2) is 96.3 Å². The predicted molar refractivity (Wildman–Crippen MR) is 183 cm³/mol. The maximum atomic E-state index is 14.8. The van der Waals surface area contributed by atoms with Gasteiger partial charge in [-0.05, 0) is 60.5 Å². The second kappa shape index (κ2) is 14.9. The summed E-state index contributed by atoms with van der Waals surface area (Å²) < 4.78 is 57.2. The summed E-state index contributed by atoms with van der Waals surface area (Å²) >= 11 is 0. The molecule has 0 spiro atoms. The van der Waals surface area contributed by atoms with E-state index in [0.717, 1.165) is 5.56 Å². The predicted octanol–water partition coefficient (Wildman–Crippen LogP) is 5.57. The highest BCUT2D eigenvalue weighted by Crippen LogP contribution is 2.33. The lowest BCUT2D eigenvalue weighted by Crippen LogP contribution is -2.45. The molecule has 50 heavy (non-hydrogen) atoms. The van der Waals surface area contributed by atoms with E-state index in [9.17, 15) is 22.9 Å². The van der Waals surface area contributed by atoms with Gasteiger partial charge in [0.05, 0.1) is 48.5 Å². The number of benzene rings is 3. The molecule has 2 aromatic heterocycles. The molecule has 3 heterocycles.